The van der Waals surface area contributed by atoms with Crippen LogP contribution in [-0.2, 0) is 41.5 Å². The first kappa shape index (κ1) is 77.6. The highest BCUT2D eigenvalue weighted by Crippen LogP contribution is 2.41. The Hall–Kier alpha value is -4.82. The van der Waals surface area contributed by atoms with Crippen molar-refractivity contribution in [3.05, 3.63) is 151 Å². The molecule has 4 aromatic carbocycles. The van der Waals surface area contributed by atoms with E-state index in [1.807, 2.05) is 36.4 Å². The molecule has 0 fully saturated rings. The normalized spacial score (nSPS) is 14.3. The standard InChI is InChI=1S/C62H78Cl4N12O8.4ClH/c1-77-39-53(51-33-49(63)35-57(65)55(51)41-77)45-9-5-7-43(29-45)47-31-59(75-73-37-47)67-13-17-81-21-25-85-27-23-83-19-15-71-61(79)69-11-3-4-12-70-62(80)72-16-20-84-24-28-86-26-22-82-18-14-68-60-32-48(38-74-76-60)44-8-6-10-46(30-44)54-40-78(2)42-56-52(54)34-50(64)36-58(56)66;;;;/h5-10,29-38,53-54H,3-4,11-28,39-42H2,1-2H3,(H,67,75)(H,68,76)(H2,69,71,79)(H2,70,72,80);4*1H/t53-,54-;;;;/m0..../s1. The minimum Gasteiger partial charge on any atom is -0.377 e. The molecule has 0 unspecified atom stereocenters. The summed E-state index contributed by atoms with van der Waals surface area (Å²) in [7, 11) is 4.22. The third kappa shape index (κ3) is 25.6. The van der Waals surface area contributed by atoms with Gasteiger partial charge in [0.15, 0.2) is 0 Å². The molecule has 0 saturated carbocycles. The molecule has 28 heteroatoms. The second-order valence-corrected chi connectivity index (χ2v) is 22.6. The Morgan fingerprint density at radius 3 is 1.20 bits per heavy atom. The number of nitrogens with one attached hydrogen (secondary N) is 6. The minimum absolute atomic E-state index is 0. The molecule has 0 spiro atoms. The lowest BCUT2D eigenvalue weighted by Gasteiger charge is -2.33. The molecule has 2 aliphatic rings. The predicted octanol–water partition coefficient (Wildman–Crippen LogP) is 11.1. The monoisotopic (exact) mass is 1400 g/mol. The maximum Gasteiger partial charge on any atom is 0.314 e. The molecule has 2 aliphatic heterocycles. The Morgan fingerprint density at radius 1 is 0.456 bits per heavy atom. The fraction of sp³-hybridized carbons (Fsp3) is 0.452. The van der Waals surface area contributed by atoms with Crippen LogP contribution >= 0.6 is 96.0 Å². The number of rotatable bonds is 35. The van der Waals surface area contributed by atoms with Crippen molar-refractivity contribution in [2.45, 2.75) is 37.8 Å². The van der Waals surface area contributed by atoms with E-state index in [0.29, 0.717) is 163 Å². The molecule has 2 aromatic heterocycles. The smallest absolute Gasteiger partial charge is 0.314 e. The number of anilines is 2. The van der Waals surface area contributed by atoms with E-state index in [0.717, 1.165) is 59.6 Å². The molecule has 4 amide bonds. The Balaban J connectivity index is 0.00000432. The van der Waals surface area contributed by atoms with Gasteiger partial charge in [0.2, 0.25) is 0 Å². The van der Waals surface area contributed by atoms with Crippen LogP contribution in [0, 0.1) is 0 Å². The number of nitrogens with zero attached hydrogens (tertiary/aromatic N) is 6. The number of hydrogen-bond donors (Lipinski definition) is 6. The number of halogens is 8. The Labute approximate surface area is 572 Å². The third-order valence-electron chi connectivity index (χ3n) is 14.4. The Kier molecular flexibility index (Phi) is 36.6. The topological polar surface area (TPSA) is 220 Å². The molecule has 4 heterocycles. The van der Waals surface area contributed by atoms with E-state index in [2.05, 4.69) is 125 Å². The van der Waals surface area contributed by atoms with Crippen molar-refractivity contribution in [2.75, 3.05) is 156 Å². The number of urea groups is 2. The molecule has 90 heavy (non-hydrogen) atoms. The number of benzene rings is 4. The van der Waals surface area contributed by atoms with Crippen LogP contribution in [0.3, 0.4) is 0 Å². The van der Waals surface area contributed by atoms with Crippen LogP contribution in [0.4, 0.5) is 21.2 Å². The summed E-state index contributed by atoms with van der Waals surface area (Å²) in [6.45, 7) is 11.1. The molecule has 0 saturated heterocycles. The van der Waals surface area contributed by atoms with Crippen LogP contribution in [0.5, 0.6) is 0 Å². The number of fused-ring (bicyclic) bond motifs is 2. The number of likely N-dealkylation sites (N-methyl/N-ethyl adjacent to an activating group) is 2. The van der Waals surface area contributed by atoms with E-state index in [9.17, 15) is 9.59 Å². The van der Waals surface area contributed by atoms with Gasteiger partial charge in [-0.1, -0.05) is 94.9 Å². The molecule has 494 valence electrons. The second-order valence-electron chi connectivity index (χ2n) is 20.9. The highest BCUT2D eigenvalue weighted by molar-refractivity contribution is 6.35. The maximum absolute atomic E-state index is 12.1. The van der Waals surface area contributed by atoms with Crippen molar-refractivity contribution in [2.24, 2.45) is 0 Å². The first-order valence-corrected chi connectivity index (χ1v) is 30.6. The summed E-state index contributed by atoms with van der Waals surface area (Å²) in [4.78, 5) is 28.8. The lowest BCUT2D eigenvalue weighted by Crippen LogP contribution is -2.39. The summed E-state index contributed by atoms with van der Waals surface area (Å²) >= 11 is 26.1. The summed E-state index contributed by atoms with van der Waals surface area (Å²) in [5.41, 5.74) is 10.9. The van der Waals surface area contributed by atoms with Gasteiger partial charge in [0.25, 0.3) is 0 Å². The molecule has 0 radical (unpaired) electrons. The molecular formula is C62H82Cl8N12O8. The number of hydrogen-bond acceptors (Lipinski definition) is 16. The highest BCUT2D eigenvalue weighted by atomic mass is 35.5. The number of aromatic nitrogens is 4. The SMILES string of the molecule is CN1Cc2c(Cl)cc(Cl)cc2[C@H](c2cccc(-c3cnnc(NCCOCCOCCOCCNC(=O)NCCCCNC(=O)NCCOCCOCCOCCNc4cc(-c5cccc([C@@H]6CN(C)Cc7c(Cl)cc(Cl)cc76)c5)cnn4)c3)c2)C1.Cl.Cl.Cl.Cl. The van der Waals surface area contributed by atoms with Crippen LogP contribution in [0.2, 0.25) is 20.1 Å². The van der Waals surface area contributed by atoms with E-state index in [-0.39, 0.29) is 73.5 Å². The molecule has 20 nitrogen and oxygen atoms in total. The number of carbonyl (C=O) groups excluding carboxylic acids is 2. The van der Waals surface area contributed by atoms with Crippen LogP contribution < -0.4 is 31.9 Å². The van der Waals surface area contributed by atoms with Gasteiger partial charge in [-0.3, -0.25) is 0 Å². The Bertz CT molecular complexity index is 2910. The lowest BCUT2D eigenvalue weighted by atomic mass is 9.84. The highest BCUT2D eigenvalue weighted by Gasteiger charge is 2.29. The first-order valence-electron chi connectivity index (χ1n) is 29.1. The zero-order chi connectivity index (χ0) is 60.3. The van der Waals surface area contributed by atoms with Gasteiger partial charge >= 0.3 is 12.1 Å². The summed E-state index contributed by atoms with van der Waals surface area (Å²) < 4.78 is 33.8. The largest absolute Gasteiger partial charge is 0.377 e. The van der Waals surface area contributed by atoms with E-state index >= 15 is 0 Å². The van der Waals surface area contributed by atoms with Gasteiger partial charge < -0.3 is 70.1 Å². The molecule has 0 bridgehead atoms. The van der Waals surface area contributed by atoms with E-state index in [1.54, 1.807) is 12.4 Å². The van der Waals surface area contributed by atoms with Gasteiger partial charge in [0.1, 0.15) is 11.6 Å². The van der Waals surface area contributed by atoms with Crippen molar-refractivity contribution in [1.29, 1.82) is 0 Å². The average molecular weight is 1410 g/mol. The minimum atomic E-state index is -0.274. The van der Waals surface area contributed by atoms with Crippen LogP contribution in [0.25, 0.3) is 22.3 Å². The number of unbranched alkanes of at least 4 members (excludes halogenated alkanes) is 1. The maximum atomic E-state index is 12.1. The molecular weight excluding hydrogens is 1320 g/mol. The lowest BCUT2D eigenvalue weighted by molar-refractivity contribution is 0.0172. The number of ether oxygens (including phenoxy) is 6. The summed E-state index contributed by atoms with van der Waals surface area (Å²) in [5.74, 6) is 1.59. The quantitative estimate of drug-likeness (QED) is 0.0204. The third-order valence-corrected chi connectivity index (χ3v) is 15.5. The summed E-state index contributed by atoms with van der Waals surface area (Å²) in [6.07, 6.45) is 4.95. The van der Waals surface area contributed by atoms with Crippen molar-refractivity contribution >= 4 is 120 Å². The van der Waals surface area contributed by atoms with Crippen LogP contribution in [0.1, 0.15) is 58.1 Å². The van der Waals surface area contributed by atoms with E-state index in [4.69, 9.17) is 74.8 Å². The number of amides is 4. The molecule has 8 rings (SSSR count). The summed E-state index contributed by atoms with van der Waals surface area (Å²) in [6, 6.07) is 28.1. The van der Waals surface area contributed by atoms with Gasteiger partial charge in [-0.15, -0.1) is 59.8 Å². The average Bonchev–Trinajstić information content (AvgIpc) is 1.50. The van der Waals surface area contributed by atoms with E-state index in [1.165, 1.54) is 22.3 Å². The van der Waals surface area contributed by atoms with Gasteiger partial charge in [0.05, 0.1) is 91.7 Å². The second kappa shape index (κ2) is 42.4. The zero-order valence-corrected chi connectivity index (χ0v) is 56.7. The van der Waals surface area contributed by atoms with Crippen molar-refractivity contribution in [1.82, 2.24) is 51.5 Å². The number of carbonyl (C=O) groups is 2. The van der Waals surface area contributed by atoms with E-state index < -0.39 is 0 Å². The molecule has 0 aliphatic carbocycles. The van der Waals surface area contributed by atoms with Crippen LogP contribution in [-0.4, -0.2) is 188 Å². The van der Waals surface area contributed by atoms with Crippen molar-refractivity contribution in [3.8, 4) is 22.3 Å². The van der Waals surface area contributed by atoms with Crippen molar-refractivity contribution in [3.63, 3.8) is 0 Å². The Morgan fingerprint density at radius 2 is 0.811 bits per heavy atom. The molecule has 6 N–H and O–H groups in total. The van der Waals surface area contributed by atoms with Crippen LogP contribution in [0.15, 0.2) is 97.3 Å². The fourth-order valence-electron chi connectivity index (χ4n) is 10.2. The van der Waals surface area contributed by atoms with Gasteiger partial charge in [-0.2, -0.15) is 10.2 Å². The van der Waals surface area contributed by atoms with Crippen molar-refractivity contribution < 1.29 is 38.0 Å². The predicted molar refractivity (Wildman–Crippen MR) is 367 cm³/mol. The fourth-order valence-corrected chi connectivity index (χ4v) is 11.3. The van der Waals surface area contributed by atoms with Gasteiger partial charge in [-0.05, 0) is 108 Å². The van der Waals surface area contributed by atoms with Gasteiger partial charge in [0, 0.05) is 109 Å². The first-order chi connectivity index (χ1) is 42.0. The van der Waals surface area contributed by atoms with Gasteiger partial charge in [-0.25, -0.2) is 9.59 Å². The molecule has 6 aromatic rings. The summed E-state index contributed by atoms with van der Waals surface area (Å²) in [5, 5.41) is 37.4. The molecule has 2 atom stereocenters. The zero-order valence-electron chi connectivity index (χ0n) is 50.5.